The molecule has 0 spiro atoms. The zero-order valence-electron chi connectivity index (χ0n) is 10.6. The quantitative estimate of drug-likeness (QED) is 0.489. The number of nitrogens with zero attached hydrogens (tertiary/aromatic N) is 2. The van der Waals surface area contributed by atoms with Gasteiger partial charge in [-0.15, -0.1) is 0 Å². The SMILES string of the molecule is CC(C(=O)c1c(Cl)cccc1[N+](=O)[O-])c1ccncc1. The summed E-state index contributed by atoms with van der Waals surface area (Å²) in [6, 6.07) is 7.60. The van der Waals surface area contributed by atoms with Gasteiger partial charge in [0.1, 0.15) is 5.56 Å². The van der Waals surface area contributed by atoms with Crippen molar-refractivity contribution in [3.8, 4) is 0 Å². The van der Waals surface area contributed by atoms with E-state index in [0.29, 0.717) is 0 Å². The fourth-order valence-electron chi connectivity index (χ4n) is 1.93. The molecule has 1 heterocycles. The van der Waals surface area contributed by atoms with Crippen molar-refractivity contribution in [2.75, 3.05) is 0 Å². The number of pyridine rings is 1. The van der Waals surface area contributed by atoms with Crippen LogP contribution in [0.15, 0.2) is 42.7 Å². The minimum absolute atomic E-state index is 0.0523. The molecular weight excluding hydrogens is 280 g/mol. The van der Waals surface area contributed by atoms with Crippen molar-refractivity contribution in [1.82, 2.24) is 4.98 Å². The van der Waals surface area contributed by atoms with Crippen molar-refractivity contribution in [2.24, 2.45) is 0 Å². The van der Waals surface area contributed by atoms with E-state index in [-0.39, 0.29) is 22.1 Å². The second-order valence-corrected chi connectivity index (χ2v) is 4.66. The lowest BCUT2D eigenvalue weighted by atomic mass is 9.92. The average Bonchev–Trinajstić information content (AvgIpc) is 2.46. The summed E-state index contributed by atoms with van der Waals surface area (Å²) in [5.74, 6) is -0.912. The first-order chi connectivity index (χ1) is 9.52. The molecule has 0 aliphatic heterocycles. The highest BCUT2D eigenvalue weighted by Gasteiger charge is 2.27. The van der Waals surface area contributed by atoms with E-state index in [9.17, 15) is 14.9 Å². The number of hydrogen-bond donors (Lipinski definition) is 0. The molecule has 102 valence electrons. The van der Waals surface area contributed by atoms with Gasteiger partial charge < -0.3 is 0 Å². The fourth-order valence-corrected chi connectivity index (χ4v) is 2.19. The first-order valence-electron chi connectivity index (χ1n) is 5.89. The van der Waals surface area contributed by atoms with Crippen LogP contribution in [-0.4, -0.2) is 15.7 Å². The Hall–Kier alpha value is -2.27. The van der Waals surface area contributed by atoms with Crippen LogP contribution >= 0.6 is 11.6 Å². The van der Waals surface area contributed by atoms with E-state index < -0.39 is 10.8 Å². The van der Waals surface area contributed by atoms with Gasteiger partial charge in [0.25, 0.3) is 5.69 Å². The number of benzene rings is 1. The van der Waals surface area contributed by atoms with Gasteiger partial charge in [-0.25, -0.2) is 0 Å². The lowest BCUT2D eigenvalue weighted by Crippen LogP contribution is -2.12. The molecule has 0 bridgehead atoms. The molecule has 20 heavy (non-hydrogen) atoms. The molecule has 2 aromatic rings. The van der Waals surface area contributed by atoms with Crippen molar-refractivity contribution >= 4 is 23.1 Å². The third kappa shape index (κ3) is 2.67. The summed E-state index contributed by atoms with van der Waals surface area (Å²) in [5, 5.41) is 11.1. The molecule has 6 heteroatoms. The molecule has 1 aromatic heterocycles. The maximum absolute atomic E-state index is 12.5. The molecule has 1 aromatic carbocycles. The molecule has 1 unspecified atom stereocenters. The van der Waals surface area contributed by atoms with Crippen molar-refractivity contribution in [2.45, 2.75) is 12.8 Å². The molecule has 0 saturated carbocycles. The van der Waals surface area contributed by atoms with Crippen molar-refractivity contribution in [3.05, 3.63) is 69.0 Å². The number of nitro groups is 1. The largest absolute Gasteiger partial charge is 0.293 e. The van der Waals surface area contributed by atoms with E-state index in [1.54, 1.807) is 31.5 Å². The lowest BCUT2D eigenvalue weighted by molar-refractivity contribution is -0.385. The maximum atomic E-state index is 12.5. The molecule has 1 atom stereocenters. The second-order valence-electron chi connectivity index (χ2n) is 4.26. The van der Waals surface area contributed by atoms with Crippen LogP contribution < -0.4 is 0 Å². The summed E-state index contributed by atoms with van der Waals surface area (Å²) in [4.78, 5) is 26.8. The fraction of sp³-hybridized carbons (Fsp3) is 0.143. The van der Waals surface area contributed by atoms with Crippen molar-refractivity contribution in [1.29, 1.82) is 0 Å². The highest BCUT2D eigenvalue weighted by atomic mass is 35.5. The molecule has 0 N–H and O–H groups in total. The van der Waals surface area contributed by atoms with Crippen LogP contribution in [0.1, 0.15) is 28.8 Å². The number of carbonyl (C=O) groups is 1. The summed E-state index contributed by atoms with van der Waals surface area (Å²) in [6.45, 7) is 1.69. The summed E-state index contributed by atoms with van der Waals surface area (Å²) in [7, 11) is 0. The maximum Gasteiger partial charge on any atom is 0.281 e. The Kier molecular flexibility index (Phi) is 4.10. The summed E-state index contributed by atoms with van der Waals surface area (Å²) >= 11 is 5.96. The summed E-state index contributed by atoms with van der Waals surface area (Å²) < 4.78 is 0. The second kappa shape index (κ2) is 5.79. The zero-order valence-corrected chi connectivity index (χ0v) is 11.4. The van der Waals surface area contributed by atoms with Crippen LogP contribution in [0.3, 0.4) is 0 Å². The minimum Gasteiger partial charge on any atom is -0.293 e. The highest BCUT2D eigenvalue weighted by Crippen LogP contribution is 2.31. The van der Waals surface area contributed by atoms with Gasteiger partial charge in [-0.1, -0.05) is 24.6 Å². The van der Waals surface area contributed by atoms with Gasteiger partial charge in [0.05, 0.1) is 9.95 Å². The topological polar surface area (TPSA) is 73.1 Å². The number of halogens is 1. The van der Waals surface area contributed by atoms with E-state index in [1.165, 1.54) is 18.2 Å². The molecule has 0 saturated heterocycles. The van der Waals surface area contributed by atoms with E-state index in [4.69, 9.17) is 11.6 Å². The Morgan fingerprint density at radius 3 is 2.55 bits per heavy atom. The van der Waals surface area contributed by atoms with E-state index in [0.717, 1.165) is 5.56 Å². The molecule has 0 fully saturated rings. The normalized spacial score (nSPS) is 11.9. The lowest BCUT2D eigenvalue weighted by Gasteiger charge is -2.11. The van der Waals surface area contributed by atoms with E-state index in [1.807, 2.05) is 0 Å². The number of rotatable bonds is 4. The summed E-state index contributed by atoms with van der Waals surface area (Å²) in [6.07, 6.45) is 3.14. The standard InChI is InChI=1S/C14H11ClN2O3/c1-9(10-5-7-16-8-6-10)14(18)13-11(15)3-2-4-12(13)17(19)20/h2-9H,1H3. The number of Topliss-reactive ketones (excluding diaryl/α,β-unsaturated/α-hetero) is 1. The smallest absolute Gasteiger partial charge is 0.281 e. The molecule has 0 radical (unpaired) electrons. The van der Waals surface area contributed by atoms with Gasteiger partial charge in [-0.3, -0.25) is 19.9 Å². The first kappa shape index (κ1) is 14.1. The zero-order chi connectivity index (χ0) is 14.7. The molecule has 0 amide bonds. The highest BCUT2D eigenvalue weighted by molar-refractivity contribution is 6.34. The van der Waals surface area contributed by atoms with Crippen molar-refractivity contribution < 1.29 is 9.72 Å². The molecule has 5 nitrogen and oxygen atoms in total. The number of nitro benzene ring substituents is 1. The Bertz CT molecular complexity index is 659. The van der Waals surface area contributed by atoms with Gasteiger partial charge in [0.15, 0.2) is 5.78 Å². The van der Waals surface area contributed by atoms with Gasteiger partial charge in [-0.05, 0) is 23.8 Å². The molecular formula is C14H11ClN2O3. The number of aromatic nitrogens is 1. The molecule has 0 aliphatic carbocycles. The van der Waals surface area contributed by atoms with Gasteiger partial charge in [0.2, 0.25) is 0 Å². The van der Waals surface area contributed by atoms with Crippen molar-refractivity contribution in [3.63, 3.8) is 0 Å². The Balaban J connectivity index is 2.47. The third-order valence-corrected chi connectivity index (χ3v) is 3.35. The van der Waals surface area contributed by atoms with Crippen LogP contribution in [0.4, 0.5) is 5.69 Å². The van der Waals surface area contributed by atoms with Crippen LogP contribution in [0.25, 0.3) is 0 Å². The van der Waals surface area contributed by atoms with Gasteiger partial charge >= 0.3 is 0 Å². The van der Waals surface area contributed by atoms with Crippen LogP contribution in [0.2, 0.25) is 5.02 Å². The number of ketones is 1. The summed E-state index contributed by atoms with van der Waals surface area (Å²) in [5.41, 5.74) is 0.408. The monoisotopic (exact) mass is 290 g/mol. The van der Waals surface area contributed by atoms with Crippen LogP contribution in [0.5, 0.6) is 0 Å². The number of hydrogen-bond acceptors (Lipinski definition) is 4. The Morgan fingerprint density at radius 2 is 1.95 bits per heavy atom. The van der Waals surface area contributed by atoms with E-state index >= 15 is 0 Å². The Labute approximate surface area is 120 Å². The van der Waals surface area contributed by atoms with Crippen LogP contribution in [0, 0.1) is 10.1 Å². The number of carbonyl (C=O) groups excluding carboxylic acids is 1. The van der Waals surface area contributed by atoms with Crippen LogP contribution in [-0.2, 0) is 0 Å². The van der Waals surface area contributed by atoms with Gasteiger partial charge in [-0.2, -0.15) is 0 Å². The predicted molar refractivity (Wildman–Crippen MR) is 75.1 cm³/mol. The Morgan fingerprint density at radius 1 is 1.30 bits per heavy atom. The molecule has 0 aliphatic rings. The predicted octanol–water partition coefficient (Wildman–Crippen LogP) is 3.63. The van der Waals surface area contributed by atoms with Gasteiger partial charge in [0, 0.05) is 24.4 Å². The first-order valence-corrected chi connectivity index (χ1v) is 6.27. The minimum atomic E-state index is -0.599. The third-order valence-electron chi connectivity index (χ3n) is 3.03. The van der Waals surface area contributed by atoms with E-state index in [2.05, 4.69) is 4.98 Å². The molecule has 2 rings (SSSR count). The average molecular weight is 291 g/mol.